The van der Waals surface area contributed by atoms with Crippen LogP contribution in [-0.4, -0.2) is 43.1 Å². The maximum Gasteiger partial charge on any atom is 0.317 e. The molecule has 2 N–H and O–H groups in total. The van der Waals surface area contributed by atoms with Crippen LogP contribution in [0.2, 0.25) is 0 Å². The highest BCUT2D eigenvalue weighted by Gasteiger charge is 2.38. The maximum atomic E-state index is 11.1. The zero-order valence-electron chi connectivity index (χ0n) is 7.41. The molecule has 1 heterocycles. The average molecular weight is 207 g/mol. The van der Waals surface area contributed by atoms with Crippen LogP contribution >= 0.6 is 0 Å². The molecule has 0 aromatic carbocycles. The van der Waals surface area contributed by atoms with Gasteiger partial charge in [-0.1, -0.05) is 0 Å². The highest BCUT2D eigenvalue weighted by Crippen LogP contribution is 2.22. The van der Waals surface area contributed by atoms with Crippen molar-refractivity contribution in [1.82, 2.24) is 5.32 Å². The molecule has 0 aromatic rings. The van der Waals surface area contributed by atoms with Gasteiger partial charge in [-0.15, -0.1) is 0 Å². The number of carboxylic acids is 1. The first kappa shape index (κ1) is 10.5. The summed E-state index contributed by atoms with van der Waals surface area (Å²) in [6, 6.07) is 0. The van der Waals surface area contributed by atoms with Gasteiger partial charge in [-0.2, -0.15) is 0 Å². The van der Waals surface area contributed by atoms with E-state index < -0.39 is 21.3 Å². The molecule has 76 valence electrons. The van der Waals surface area contributed by atoms with E-state index in [2.05, 4.69) is 5.32 Å². The van der Waals surface area contributed by atoms with E-state index in [9.17, 15) is 13.2 Å². The Bertz CT molecular complexity index is 310. The van der Waals surface area contributed by atoms with E-state index in [-0.39, 0.29) is 18.1 Å². The number of aliphatic carboxylic acids is 1. The molecular formula is C7H13NO4S. The molecule has 1 rings (SSSR count). The first-order valence-electron chi connectivity index (χ1n) is 4.00. The third-order valence-corrected chi connectivity index (χ3v) is 4.07. The van der Waals surface area contributed by atoms with Crippen LogP contribution in [0.1, 0.15) is 13.3 Å². The van der Waals surface area contributed by atoms with Crippen LogP contribution in [0, 0.1) is 0 Å². The third kappa shape index (κ3) is 2.96. The van der Waals surface area contributed by atoms with Crippen molar-refractivity contribution in [3.8, 4) is 0 Å². The van der Waals surface area contributed by atoms with Crippen molar-refractivity contribution in [1.29, 1.82) is 0 Å². The molecule has 0 bridgehead atoms. The smallest absolute Gasteiger partial charge is 0.317 e. The second kappa shape index (κ2) is 3.26. The Hall–Kier alpha value is -0.620. The summed E-state index contributed by atoms with van der Waals surface area (Å²) in [7, 11) is -2.96. The predicted molar refractivity (Wildman–Crippen MR) is 47.3 cm³/mol. The van der Waals surface area contributed by atoms with Gasteiger partial charge < -0.3 is 10.4 Å². The van der Waals surface area contributed by atoms with Gasteiger partial charge in [0.25, 0.3) is 0 Å². The number of carbonyl (C=O) groups is 1. The summed E-state index contributed by atoms with van der Waals surface area (Å²) in [6.07, 6.45) is 0.489. The number of rotatable bonds is 3. The lowest BCUT2D eigenvalue weighted by molar-refractivity contribution is -0.136. The van der Waals surface area contributed by atoms with Crippen LogP contribution in [0.5, 0.6) is 0 Å². The lowest BCUT2D eigenvalue weighted by Crippen LogP contribution is -2.45. The molecule has 0 aliphatic carbocycles. The van der Waals surface area contributed by atoms with E-state index >= 15 is 0 Å². The predicted octanol–water partition coefficient (Wildman–Crippen LogP) is -0.762. The van der Waals surface area contributed by atoms with E-state index in [1.807, 2.05) is 0 Å². The largest absolute Gasteiger partial charge is 0.480 e. The van der Waals surface area contributed by atoms with Gasteiger partial charge >= 0.3 is 5.97 Å². The summed E-state index contributed by atoms with van der Waals surface area (Å²) in [4.78, 5) is 10.2. The Balaban J connectivity index is 2.55. The third-order valence-electron chi connectivity index (χ3n) is 2.17. The highest BCUT2D eigenvalue weighted by atomic mass is 32.2. The Labute approximate surface area is 77.1 Å². The molecule has 1 aliphatic heterocycles. The molecule has 0 radical (unpaired) electrons. The second-order valence-corrected chi connectivity index (χ2v) is 5.83. The maximum absolute atomic E-state index is 11.1. The van der Waals surface area contributed by atoms with Crippen LogP contribution in [0.25, 0.3) is 0 Å². The van der Waals surface area contributed by atoms with Crippen LogP contribution in [-0.2, 0) is 14.6 Å². The van der Waals surface area contributed by atoms with Crippen molar-refractivity contribution in [2.75, 3.05) is 18.1 Å². The summed E-state index contributed by atoms with van der Waals surface area (Å²) >= 11 is 0. The first-order chi connectivity index (χ1) is 5.83. The number of sulfone groups is 1. The fourth-order valence-corrected chi connectivity index (χ4v) is 3.56. The van der Waals surface area contributed by atoms with E-state index in [0.29, 0.717) is 6.42 Å². The molecule has 13 heavy (non-hydrogen) atoms. The van der Waals surface area contributed by atoms with E-state index in [0.717, 1.165) is 0 Å². The minimum absolute atomic E-state index is 0.0350. The second-order valence-electron chi connectivity index (χ2n) is 3.65. The monoisotopic (exact) mass is 207 g/mol. The molecule has 0 spiro atoms. The van der Waals surface area contributed by atoms with E-state index in [1.165, 1.54) is 0 Å². The van der Waals surface area contributed by atoms with Gasteiger partial charge in [0.15, 0.2) is 9.84 Å². The molecule has 0 aromatic heterocycles. The molecule has 1 aliphatic rings. The standard InChI is InChI=1S/C7H13NO4S/c1-7(8-4-6(9)10)2-3-13(11,12)5-7/h8H,2-5H2,1H3,(H,9,10). The van der Waals surface area contributed by atoms with Gasteiger partial charge in [-0.25, -0.2) is 8.42 Å². The summed E-state index contributed by atoms with van der Waals surface area (Å²) in [5.41, 5.74) is -0.558. The van der Waals surface area contributed by atoms with Gasteiger partial charge in [0, 0.05) is 5.54 Å². The van der Waals surface area contributed by atoms with Crippen LogP contribution in [0.15, 0.2) is 0 Å². The highest BCUT2D eigenvalue weighted by molar-refractivity contribution is 7.91. The number of carboxylic acid groups (broad SMARTS) is 1. The topological polar surface area (TPSA) is 83.5 Å². The van der Waals surface area contributed by atoms with Crippen LogP contribution < -0.4 is 5.32 Å². The summed E-state index contributed by atoms with van der Waals surface area (Å²) in [5.74, 6) is -0.783. The van der Waals surface area contributed by atoms with Crippen molar-refractivity contribution in [3.05, 3.63) is 0 Å². The minimum atomic E-state index is -2.96. The lowest BCUT2D eigenvalue weighted by atomic mass is 10.0. The number of hydrogen-bond acceptors (Lipinski definition) is 4. The van der Waals surface area contributed by atoms with Gasteiger partial charge in [-0.05, 0) is 13.3 Å². The minimum Gasteiger partial charge on any atom is -0.480 e. The van der Waals surface area contributed by atoms with Crippen LogP contribution in [0.3, 0.4) is 0 Å². The van der Waals surface area contributed by atoms with Crippen LogP contribution in [0.4, 0.5) is 0 Å². The van der Waals surface area contributed by atoms with Gasteiger partial charge in [-0.3, -0.25) is 4.79 Å². The van der Waals surface area contributed by atoms with Crippen molar-refractivity contribution >= 4 is 15.8 Å². The van der Waals surface area contributed by atoms with Crippen molar-refractivity contribution in [2.45, 2.75) is 18.9 Å². The Morgan fingerprint density at radius 2 is 2.23 bits per heavy atom. The van der Waals surface area contributed by atoms with Crippen molar-refractivity contribution in [3.63, 3.8) is 0 Å². The lowest BCUT2D eigenvalue weighted by Gasteiger charge is -2.22. The van der Waals surface area contributed by atoms with Gasteiger partial charge in [0.2, 0.25) is 0 Å². The molecule has 1 atom stereocenters. The van der Waals surface area contributed by atoms with E-state index in [4.69, 9.17) is 5.11 Å². The number of nitrogens with one attached hydrogen (secondary N) is 1. The average Bonchev–Trinajstić information content (AvgIpc) is 2.23. The molecule has 5 nitrogen and oxygen atoms in total. The van der Waals surface area contributed by atoms with E-state index in [1.54, 1.807) is 6.92 Å². The quantitative estimate of drug-likeness (QED) is 0.635. The molecule has 1 fully saturated rings. The molecule has 0 amide bonds. The van der Waals surface area contributed by atoms with Crippen molar-refractivity contribution in [2.24, 2.45) is 0 Å². The molecule has 6 heteroatoms. The Kier molecular flexibility index (Phi) is 2.63. The Morgan fingerprint density at radius 3 is 2.62 bits per heavy atom. The SMILES string of the molecule is CC1(NCC(=O)O)CCS(=O)(=O)C1. The zero-order valence-corrected chi connectivity index (χ0v) is 8.23. The zero-order chi connectivity index (χ0) is 10.1. The first-order valence-corrected chi connectivity index (χ1v) is 5.82. The fourth-order valence-electron chi connectivity index (χ4n) is 1.44. The molecule has 1 unspecified atom stereocenters. The normalized spacial score (nSPS) is 31.8. The summed E-state index contributed by atoms with van der Waals surface area (Å²) in [5, 5.41) is 11.1. The molecular weight excluding hydrogens is 194 g/mol. The van der Waals surface area contributed by atoms with Crippen molar-refractivity contribution < 1.29 is 18.3 Å². The fraction of sp³-hybridized carbons (Fsp3) is 0.857. The molecule has 0 saturated carbocycles. The summed E-state index contributed by atoms with van der Waals surface area (Å²) < 4.78 is 22.2. The Morgan fingerprint density at radius 1 is 1.62 bits per heavy atom. The summed E-state index contributed by atoms with van der Waals surface area (Å²) in [6.45, 7) is 1.55. The van der Waals surface area contributed by atoms with Gasteiger partial charge in [0.1, 0.15) is 0 Å². The molecule has 1 saturated heterocycles. The number of hydrogen-bond donors (Lipinski definition) is 2. The van der Waals surface area contributed by atoms with Gasteiger partial charge in [0.05, 0.1) is 18.1 Å².